The van der Waals surface area contributed by atoms with Gasteiger partial charge in [-0.05, 0) is 45.6 Å². The normalized spacial score (nSPS) is 20.8. The molecular formula is C19H26N4O3. The maximum atomic E-state index is 12.5. The third-order valence-corrected chi connectivity index (χ3v) is 4.57. The van der Waals surface area contributed by atoms with Crippen molar-refractivity contribution in [2.24, 2.45) is 0 Å². The van der Waals surface area contributed by atoms with Gasteiger partial charge in [-0.2, -0.15) is 0 Å². The van der Waals surface area contributed by atoms with Gasteiger partial charge in [0, 0.05) is 24.2 Å². The first kappa shape index (κ1) is 18.5. The molecule has 1 aliphatic rings. The number of anilines is 1. The number of amides is 1. The number of carbonyl (C=O) groups is 1. The summed E-state index contributed by atoms with van der Waals surface area (Å²) in [5.74, 6) is 0.213. The van der Waals surface area contributed by atoms with Crippen LogP contribution in [0.5, 0.6) is 0 Å². The highest BCUT2D eigenvalue weighted by molar-refractivity contribution is 6.05. The van der Waals surface area contributed by atoms with E-state index in [-0.39, 0.29) is 24.6 Å². The monoisotopic (exact) mass is 358 g/mol. The fraction of sp³-hybridized carbons (Fsp3) is 0.526. The molecule has 1 aromatic carbocycles. The Bertz CT molecular complexity index is 780. The molecule has 0 atom stereocenters. The lowest BCUT2D eigenvalue weighted by Crippen LogP contribution is -2.38. The summed E-state index contributed by atoms with van der Waals surface area (Å²) >= 11 is 0. The minimum absolute atomic E-state index is 0.156. The van der Waals surface area contributed by atoms with Crippen LogP contribution in [0.2, 0.25) is 0 Å². The van der Waals surface area contributed by atoms with Gasteiger partial charge in [0.25, 0.3) is 5.91 Å². The second-order valence-corrected chi connectivity index (χ2v) is 7.58. The summed E-state index contributed by atoms with van der Waals surface area (Å²) in [5.41, 5.74) is 0.0541. The van der Waals surface area contributed by atoms with Crippen LogP contribution in [-0.4, -0.2) is 50.4 Å². The minimum atomic E-state index is -0.979. The highest BCUT2D eigenvalue weighted by atomic mass is 16.3. The van der Waals surface area contributed by atoms with Gasteiger partial charge in [-0.3, -0.25) is 4.79 Å². The average Bonchev–Trinajstić information content (AvgIpc) is 2.60. The number of rotatable bonds is 5. The van der Waals surface area contributed by atoms with Crippen LogP contribution in [0.3, 0.4) is 0 Å². The Labute approximate surface area is 152 Å². The molecule has 0 bridgehead atoms. The number of hydrogen-bond donors (Lipinski definition) is 4. The molecule has 26 heavy (non-hydrogen) atoms. The molecule has 2 aromatic rings. The fourth-order valence-electron chi connectivity index (χ4n) is 3.10. The number of fused-ring (bicyclic) bond motifs is 1. The number of nitrogens with one attached hydrogen (secondary N) is 2. The summed E-state index contributed by atoms with van der Waals surface area (Å²) in [6.45, 7) is 3.44. The molecule has 0 radical (unpaired) electrons. The van der Waals surface area contributed by atoms with Crippen molar-refractivity contribution in [3.05, 3.63) is 30.0 Å². The molecule has 1 fully saturated rings. The van der Waals surface area contributed by atoms with E-state index in [1.165, 1.54) is 0 Å². The molecule has 1 heterocycles. The Balaban J connectivity index is 1.80. The maximum Gasteiger partial charge on any atom is 0.253 e. The first-order valence-electron chi connectivity index (χ1n) is 9.03. The predicted octanol–water partition coefficient (Wildman–Crippen LogP) is 1.85. The first-order chi connectivity index (χ1) is 12.3. The summed E-state index contributed by atoms with van der Waals surface area (Å²) in [6, 6.07) is 5.60. The molecule has 4 N–H and O–H groups in total. The number of aliphatic hydroxyl groups excluding tert-OH is 1. The molecule has 7 nitrogen and oxygen atoms in total. The standard InChI is InChI=1S/C19H26N4O3/c1-19(2,26)11-21-17(25)15-5-3-4-12-10-20-18(23-16(12)15)22-13-6-8-14(24)9-7-13/h3-5,10,13-14,24,26H,6-9,11H2,1-2H3,(H,21,25)(H,20,22,23). The molecule has 0 aliphatic heterocycles. The van der Waals surface area contributed by atoms with Crippen LogP contribution in [0, 0.1) is 0 Å². The average molecular weight is 358 g/mol. The van der Waals surface area contributed by atoms with Gasteiger partial charge >= 0.3 is 0 Å². The molecule has 7 heteroatoms. The smallest absolute Gasteiger partial charge is 0.253 e. The van der Waals surface area contributed by atoms with E-state index < -0.39 is 5.60 Å². The van der Waals surface area contributed by atoms with Crippen LogP contribution in [-0.2, 0) is 0 Å². The Morgan fingerprint density at radius 3 is 2.69 bits per heavy atom. The van der Waals surface area contributed by atoms with Crippen molar-refractivity contribution in [1.29, 1.82) is 0 Å². The summed E-state index contributed by atoms with van der Waals surface area (Å²) in [5, 5.41) is 26.3. The lowest BCUT2D eigenvalue weighted by molar-refractivity contribution is 0.0695. The van der Waals surface area contributed by atoms with E-state index in [1.54, 1.807) is 32.2 Å². The van der Waals surface area contributed by atoms with Crippen LogP contribution < -0.4 is 10.6 Å². The highest BCUT2D eigenvalue weighted by Gasteiger charge is 2.21. The van der Waals surface area contributed by atoms with Crippen LogP contribution >= 0.6 is 0 Å². The van der Waals surface area contributed by atoms with Crippen LogP contribution in [0.25, 0.3) is 10.9 Å². The topological polar surface area (TPSA) is 107 Å². The van der Waals surface area contributed by atoms with Gasteiger partial charge in [-0.15, -0.1) is 0 Å². The molecular weight excluding hydrogens is 332 g/mol. The lowest BCUT2D eigenvalue weighted by atomic mass is 9.93. The molecule has 140 valence electrons. The van der Waals surface area contributed by atoms with Crippen molar-refractivity contribution in [1.82, 2.24) is 15.3 Å². The Morgan fingerprint density at radius 1 is 1.27 bits per heavy atom. The van der Waals surface area contributed by atoms with Gasteiger partial charge in [-0.1, -0.05) is 12.1 Å². The molecule has 1 aliphatic carbocycles. The quantitative estimate of drug-likeness (QED) is 0.650. The molecule has 1 saturated carbocycles. The number of benzene rings is 1. The van der Waals surface area contributed by atoms with E-state index >= 15 is 0 Å². The first-order valence-corrected chi connectivity index (χ1v) is 9.03. The number of aromatic nitrogens is 2. The number of hydrogen-bond acceptors (Lipinski definition) is 6. The van der Waals surface area contributed by atoms with Crippen molar-refractivity contribution < 1.29 is 15.0 Å². The van der Waals surface area contributed by atoms with E-state index in [1.807, 2.05) is 6.07 Å². The van der Waals surface area contributed by atoms with Crippen LogP contribution in [0.4, 0.5) is 5.95 Å². The van der Waals surface area contributed by atoms with Gasteiger partial charge in [0.05, 0.1) is 22.8 Å². The van der Waals surface area contributed by atoms with Gasteiger partial charge in [0.1, 0.15) is 0 Å². The second-order valence-electron chi connectivity index (χ2n) is 7.58. The van der Waals surface area contributed by atoms with E-state index in [2.05, 4.69) is 20.6 Å². The lowest BCUT2D eigenvalue weighted by Gasteiger charge is -2.26. The zero-order valence-corrected chi connectivity index (χ0v) is 15.2. The van der Waals surface area contributed by atoms with Gasteiger partial charge < -0.3 is 20.8 Å². The van der Waals surface area contributed by atoms with Crippen molar-refractivity contribution in [2.75, 3.05) is 11.9 Å². The predicted molar refractivity (Wildman–Crippen MR) is 100 cm³/mol. The van der Waals surface area contributed by atoms with Crippen LogP contribution in [0.15, 0.2) is 24.4 Å². The molecule has 1 aromatic heterocycles. The molecule has 3 rings (SSSR count). The van der Waals surface area contributed by atoms with E-state index in [4.69, 9.17) is 0 Å². The minimum Gasteiger partial charge on any atom is -0.393 e. The highest BCUT2D eigenvalue weighted by Crippen LogP contribution is 2.22. The van der Waals surface area contributed by atoms with Crippen molar-refractivity contribution in [3.8, 4) is 0 Å². The van der Waals surface area contributed by atoms with Gasteiger partial charge in [-0.25, -0.2) is 9.97 Å². The number of carbonyl (C=O) groups excluding carboxylic acids is 1. The molecule has 0 unspecified atom stereocenters. The van der Waals surface area contributed by atoms with Crippen LogP contribution in [0.1, 0.15) is 49.9 Å². The Morgan fingerprint density at radius 2 is 2.00 bits per heavy atom. The molecule has 1 amide bonds. The van der Waals surface area contributed by atoms with Crippen molar-refractivity contribution in [3.63, 3.8) is 0 Å². The fourth-order valence-corrected chi connectivity index (χ4v) is 3.10. The maximum absolute atomic E-state index is 12.5. The summed E-state index contributed by atoms with van der Waals surface area (Å²) in [4.78, 5) is 21.4. The van der Waals surface area contributed by atoms with E-state index in [9.17, 15) is 15.0 Å². The van der Waals surface area contributed by atoms with Gasteiger partial charge in [0.15, 0.2) is 0 Å². The zero-order chi connectivity index (χ0) is 18.7. The SMILES string of the molecule is CC(C)(O)CNC(=O)c1cccc2cnc(NC3CCC(O)CC3)nc12. The molecule has 0 saturated heterocycles. The summed E-state index contributed by atoms with van der Waals surface area (Å²) in [7, 11) is 0. The number of aliphatic hydroxyl groups is 2. The Kier molecular flexibility index (Phi) is 5.38. The summed E-state index contributed by atoms with van der Waals surface area (Å²) in [6.07, 6.45) is 4.78. The third-order valence-electron chi connectivity index (χ3n) is 4.57. The van der Waals surface area contributed by atoms with E-state index in [0.29, 0.717) is 17.0 Å². The largest absolute Gasteiger partial charge is 0.393 e. The third kappa shape index (κ3) is 4.68. The number of para-hydroxylation sites is 1. The summed E-state index contributed by atoms with van der Waals surface area (Å²) < 4.78 is 0. The van der Waals surface area contributed by atoms with Crippen molar-refractivity contribution >= 4 is 22.8 Å². The van der Waals surface area contributed by atoms with Crippen molar-refractivity contribution in [2.45, 2.75) is 57.3 Å². The van der Waals surface area contributed by atoms with Gasteiger partial charge in [0.2, 0.25) is 5.95 Å². The zero-order valence-electron chi connectivity index (χ0n) is 15.2. The second kappa shape index (κ2) is 7.55. The van der Waals surface area contributed by atoms with E-state index in [0.717, 1.165) is 31.1 Å². The number of nitrogens with zero attached hydrogens (tertiary/aromatic N) is 2. The Hall–Kier alpha value is -2.25. The molecule has 0 spiro atoms.